The summed E-state index contributed by atoms with van der Waals surface area (Å²) < 4.78 is 7.54. The normalized spacial score (nSPS) is 20.3. The molecule has 1 fully saturated rings. The molecule has 2 atom stereocenters. The number of amides is 1. The molecule has 2 N–H and O–H groups in total. The summed E-state index contributed by atoms with van der Waals surface area (Å²) in [6.45, 7) is 7.73. The van der Waals surface area contributed by atoms with E-state index < -0.39 is 0 Å². The number of anilines is 2. The average molecular weight is 480 g/mol. The third-order valence-corrected chi connectivity index (χ3v) is 7.30. The maximum atomic E-state index is 12.1. The lowest BCUT2D eigenvalue weighted by Crippen LogP contribution is -2.39. The summed E-state index contributed by atoms with van der Waals surface area (Å²) in [6.07, 6.45) is 5.46. The Morgan fingerprint density at radius 3 is 2.89 bits per heavy atom. The monoisotopic (exact) mass is 479 g/mol. The molecule has 0 aliphatic carbocycles. The van der Waals surface area contributed by atoms with E-state index >= 15 is 0 Å². The van der Waals surface area contributed by atoms with E-state index in [-0.39, 0.29) is 18.6 Å². The van der Waals surface area contributed by atoms with Gasteiger partial charge in [0.25, 0.3) is 0 Å². The summed E-state index contributed by atoms with van der Waals surface area (Å²) in [5, 5.41) is 18.1. The Hall–Kier alpha value is -3.24. The van der Waals surface area contributed by atoms with Crippen molar-refractivity contribution in [3.63, 3.8) is 0 Å². The molecule has 0 radical (unpaired) electrons. The van der Waals surface area contributed by atoms with E-state index in [2.05, 4.69) is 39.4 Å². The predicted molar refractivity (Wildman–Crippen MR) is 133 cm³/mol. The van der Waals surface area contributed by atoms with E-state index in [1.807, 2.05) is 9.58 Å². The molecule has 1 amide bonds. The van der Waals surface area contributed by atoms with Crippen molar-refractivity contribution in [3.8, 4) is 5.75 Å². The lowest BCUT2D eigenvalue weighted by molar-refractivity contribution is -0.130. The van der Waals surface area contributed by atoms with E-state index in [4.69, 9.17) is 9.72 Å². The number of ether oxygens (including phenoxy) is 1. The minimum absolute atomic E-state index is 0.101. The Bertz CT molecular complexity index is 1230. The number of fused-ring (bicyclic) bond motifs is 2. The van der Waals surface area contributed by atoms with Crippen LogP contribution in [0.1, 0.15) is 31.4 Å². The fourth-order valence-corrected chi connectivity index (χ4v) is 5.28. The van der Waals surface area contributed by atoms with Crippen LogP contribution < -0.4 is 10.1 Å². The van der Waals surface area contributed by atoms with Gasteiger partial charge >= 0.3 is 0 Å². The van der Waals surface area contributed by atoms with Crippen LogP contribution in [0.4, 0.5) is 11.6 Å². The minimum Gasteiger partial charge on any atom is -0.495 e. The van der Waals surface area contributed by atoms with E-state index in [0.717, 1.165) is 54.9 Å². The lowest BCUT2D eigenvalue weighted by Gasteiger charge is -2.29. The Morgan fingerprint density at radius 2 is 2.11 bits per heavy atom. The maximum absolute atomic E-state index is 12.1. The van der Waals surface area contributed by atoms with Crippen LogP contribution in [0.15, 0.2) is 24.5 Å². The van der Waals surface area contributed by atoms with E-state index in [1.165, 1.54) is 11.1 Å². The number of rotatable bonds is 7. The zero-order chi connectivity index (χ0) is 24.5. The second kappa shape index (κ2) is 9.79. The zero-order valence-corrected chi connectivity index (χ0v) is 20.6. The van der Waals surface area contributed by atoms with Gasteiger partial charge in [0, 0.05) is 39.3 Å². The summed E-state index contributed by atoms with van der Waals surface area (Å²) >= 11 is 0. The molecule has 0 saturated carbocycles. The predicted octanol–water partition coefficient (Wildman–Crippen LogP) is 2.19. The van der Waals surface area contributed by atoms with Gasteiger partial charge in [-0.3, -0.25) is 9.69 Å². The Morgan fingerprint density at radius 1 is 1.26 bits per heavy atom. The van der Waals surface area contributed by atoms with Gasteiger partial charge in [0.05, 0.1) is 43.6 Å². The number of hydrogen-bond acceptors (Lipinski definition) is 8. The largest absolute Gasteiger partial charge is 0.495 e. The number of β-amino-alcohol motifs (C(OH)–C–C–N with tert-alkyl or cyclic N) is 1. The van der Waals surface area contributed by atoms with Gasteiger partial charge in [-0.05, 0) is 42.0 Å². The first kappa shape index (κ1) is 23.5. The standard InChI is InChI=1S/C25H33N7O3/c1-16-4-7-31(17(2)34)22(16)15-32-24-20(13-27-32)12-26-25(29-24)28-21-10-19-14-30(8-9-33)6-5-18(19)11-23(21)35-3/h10-13,16,22,33H,4-9,14-15H2,1-3H3,(H,26,28,29)/t16-,22+/m0/s1. The summed E-state index contributed by atoms with van der Waals surface area (Å²) in [4.78, 5) is 25.6. The van der Waals surface area contributed by atoms with Gasteiger partial charge < -0.3 is 20.1 Å². The van der Waals surface area contributed by atoms with E-state index in [0.29, 0.717) is 25.0 Å². The maximum Gasteiger partial charge on any atom is 0.229 e. The van der Waals surface area contributed by atoms with Gasteiger partial charge in [0.1, 0.15) is 5.75 Å². The van der Waals surface area contributed by atoms with Gasteiger partial charge in [-0.15, -0.1) is 0 Å². The SMILES string of the molecule is COc1cc2c(cc1Nc1ncc3cnn(C[C@@H]4[C@@H](C)CCN4C(C)=O)c3n1)CN(CCO)CC2. The van der Waals surface area contributed by atoms with Crippen LogP contribution in [0.5, 0.6) is 5.75 Å². The number of carbonyl (C=O) groups excluding carboxylic acids is 1. The fraction of sp³-hybridized carbons (Fsp3) is 0.520. The first-order chi connectivity index (χ1) is 17.0. The quantitative estimate of drug-likeness (QED) is 0.531. The highest BCUT2D eigenvalue weighted by Crippen LogP contribution is 2.33. The van der Waals surface area contributed by atoms with Crippen molar-refractivity contribution in [3.05, 3.63) is 35.7 Å². The van der Waals surface area contributed by atoms with Crippen LogP contribution >= 0.6 is 0 Å². The van der Waals surface area contributed by atoms with Crippen molar-refractivity contribution >= 4 is 28.6 Å². The number of nitrogens with one attached hydrogen (secondary N) is 1. The van der Waals surface area contributed by atoms with Crippen LogP contribution in [-0.2, 0) is 24.3 Å². The van der Waals surface area contributed by atoms with Crippen molar-refractivity contribution < 1.29 is 14.6 Å². The van der Waals surface area contributed by atoms with Crippen molar-refractivity contribution in [2.24, 2.45) is 5.92 Å². The molecule has 1 saturated heterocycles. The number of methoxy groups -OCH3 is 1. The number of nitrogens with zero attached hydrogens (tertiary/aromatic N) is 6. The molecule has 2 aliphatic heterocycles. The third-order valence-electron chi connectivity index (χ3n) is 7.30. The highest BCUT2D eigenvalue weighted by molar-refractivity contribution is 5.76. The molecule has 10 heteroatoms. The van der Waals surface area contributed by atoms with Crippen molar-refractivity contribution in [1.82, 2.24) is 29.5 Å². The smallest absolute Gasteiger partial charge is 0.229 e. The van der Waals surface area contributed by atoms with Gasteiger partial charge in [0.15, 0.2) is 5.65 Å². The molecular weight excluding hydrogens is 446 g/mol. The van der Waals surface area contributed by atoms with Gasteiger partial charge in [-0.2, -0.15) is 10.1 Å². The molecule has 2 aromatic heterocycles. The molecule has 4 heterocycles. The summed E-state index contributed by atoms with van der Waals surface area (Å²) in [5.41, 5.74) is 4.00. The summed E-state index contributed by atoms with van der Waals surface area (Å²) in [5.74, 6) is 1.71. The molecule has 186 valence electrons. The minimum atomic E-state index is 0.101. The summed E-state index contributed by atoms with van der Waals surface area (Å²) in [6, 6.07) is 4.27. The zero-order valence-electron chi connectivity index (χ0n) is 20.6. The number of likely N-dealkylation sites (tertiary alicyclic amines) is 1. The third kappa shape index (κ3) is 4.68. The van der Waals surface area contributed by atoms with Crippen LogP contribution in [-0.4, -0.2) is 80.0 Å². The molecule has 10 nitrogen and oxygen atoms in total. The topological polar surface area (TPSA) is 109 Å². The number of carbonyl (C=O) groups is 1. The van der Waals surface area contributed by atoms with Crippen LogP contribution in [0.25, 0.3) is 11.0 Å². The first-order valence-electron chi connectivity index (χ1n) is 12.2. The van der Waals surface area contributed by atoms with Crippen molar-refractivity contribution in [2.75, 3.05) is 38.7 Å². The number of aliphatic hydroxyl groups excluding tert-OH is 1. The highest BCUT2D eigenvalue weighted by atomic mass is 16.5. The molecule has 0 spiro atoms. The second-order valence-corrected chi connectivity index (χ2v) is 9.54. The number of benzene rings is 1. The molecule has 1 aromatic carbocycles. The highest BCUT2D eigenvalue weighted by Gasteiger charge is 2.33. The van der Waals surface area contributed by atoms with Crippen LogP contribution in [0.3, 0.4) is 0 Å². The van der Waals surface area contributed by atoms with Crippen LogP contribution in [0, 0.1) is 5.92 Å². The van der Waals surface area contributed by atoms with Crippen LogP contribution in [0.2, 0.25) is 0 Å². The molecule has 0 unspecified atom stereocenters. The molecule has 35 heavy (non-hydrogen) atoms. The number of aromatic nitrogens is 4. The van der Waals surface area contributed by atoms with Gasteiger partial charge in [0.2, 0.25) is 11.9 Å². The average Bonchev–Trinajstić information content (AvgIpc) is 3.42. The molecule has 0 bridgehead atoms. The molecular formula is C25H33N7O3. The Balaban J connectivity index is 1.41. The number of hydrogen-bond donors (Lipinski definition) is 2. The van der Waals surface area contributed by atoms with E-state index in [1.54, 1.807) is 26.4 Å². The molecule has 2 aliphatic rings. The fourth-order valence-electron chi connectivity index (χ4n) is 5.28. The summed E-state index contributed by atoms with van der Waals surface area (Å²) in [7, 11) is 1.66. The number of aliphatic hydroxyl groups is 1. The Kier molecular flexibility index (Phi) is 6.57. The second-order valence-electron chi connectivity index (χ2n) is 9.54. The van der Waals surface area contributed by atoms with Gasteiger partial charge in [-0.1, -0.05) is 6.92 Å². The Labute approximate surface area is 204 Å². The van der Waals surface area contributed by atoms with Crippen molar-refractivity contribution in [2.45, 2.75) is 45.8 Å². The lowest BCUT2D eigenvalue weighted by atomic mass is 9.98. The first-order valence-corrected chi connectivity index (χ1v) is 12.2. The molecule has 3 aromatic rings. The van der Waals surface area contributed by atoms with Gasteiger partial charge in [-0.25, -0.2) is 9.67 Å². The molecule has 5 rings (SSSR count). The van der Waals surface area contributed by atoms with E-state index in [9.17, 15) is 9.90 Å². The van der Waals surface area contributed by atoms with Crippen molar-refractivity contribution in [1.29, 1.82) is 0 Å².